The summed E-state index contributed by atoms with van der Waals surface area (Å²) in [7, 11) is 0. The van der Waals surface area contributed by atoms with Gasteiger partial charge in [-0.05, 0) is 61.4 Å². The van der Waals surface area contributed by atoms with E-state index in [2.05, 4.69) is 47.6 Å². The number of hydrogen-bond donors (Lipinski definition) is 3. The molecule has 0 aliphatic carbocycles. The lowest BCUT2D eigenvalue weighted by Gasteiger charge is -2.27. The second kappa shape index (κ2) is 9.11. The van der Waals surface area contributed by atoms with Crippen LogP contribution in [0.4, 0.5) is 0 Å². The molecule has 0 bridgehead atoms. The summed E-state index contributed by atoms with van der Waals surface area (Å²) in [4.78, 5) is 20.2. The molecule has 1 saturated heterocycles. The van der Waals surface area contributed by atoms with Gasteiger partial charge in [0.05, 0.1) is 22.3 Å². The Morgan fingerprint density at radius 3 is 2.56 bits per heavy atom. The fourth-order valence-corrected chi connectivity index (χ4v) is 4.27. The monoisotopic (exact) mass is 453 g/mol. The highest BCUT2D eigenvalue weighted by molar-refractivity contribution is 6.09. The van der Waals surface area contributed by atoms with Crippen molar-refractivity contribution >= 4 is 29.1 Å². The van der Waals surface area contributed by atoms with Crippen LogP contribution in [0, 0.1) is 13.8 Å². The van der Waals surface area contributed by atoms with Crippen LogP contribution in [0.25, 0.3) is 34.4 Å². The third-order valence-corrected chi connectivity index (χ3v) is 6.21. The molecule has 0 atom stereocenters. The molecule has 1 aliphatic heterocycles. The van der Waals surface area contributed by atoms with E-state index in [1.807, 2.05) is 23.1 Å². The molecule has 2 aromatic heterocycles. The number of aromatic hydroxyl groups is 1. The Hall–Kier alpha value is -3.97. The molecule has 0 radical (unpaired) electrons. The highest BCUT2D eigenvalue weighted by Gasteiger charge is 2.24. The lowest BCUT2D eigenvalue weighted by Crippen LogP contribution is -2.46. The van der Waals surface area contributed by atoms with Crippen LogP contribution in [-0.2, 0) is 0 Å². The third kappa shape index (κ3) is 4.30. The van der Waals surface area contributed by atoms with Crippen molar-refractivity contribution in [1.82, 2.24) is 25.4 Å². The number of nitrogens with one attached hydrogen (secondary N) is 2. The summed E-state index contributed by atoms with van der Waals surface area (Å²) in [6, 6.07) is 15.0. The number of carbonyl (C=O) groups excluding carboxylic acids is 1. The molecular weight excluding hydrogens is 426 g/mol. The Morgan fingerprint density at radius 1 is 1.03 bits per heavy atom. The number of aryl methyl sites for hydroxylation is 2. The molecule has 1 fully saturated rings. The van der Waals surface area contributed by atoms with Gasteiger partial charge >= 0.3 is 0 Å². The number of H-pyrrole nitrogens is 1. The summed E-state index contributed by atoms with van der Waals surface area (Å²) < 4.78 is 0. The van der Waals surface area contributed by atoms with Gasteiger partial charge < -0.3 is 15.3 Å². The zero-order valence-electron chi connectivity index (χ0n) is 19.3. The summed E-state index contributed by atoms with van der Waals surface area (Å²) in [5.74, 6) is 0.150. The zero-order valence-corrected chi connectivity index (χ0v) is 19.3. The fourth-order valence-electron chi connectivity index (χ4n) is 4.27. The first-order valence-corrected chi connectivity index (χ1v) is 11.4. The van der Waals surface area contributed by atoms with Gasteiger partial charge in [0.2, 0.25) is 0 Å². The van der Waals surface area contributed by atoms with Crippen LogP contribution in [-0.4, -0.2) is 57.3 Å². The molecule has 7 nitrogen and oxygen atoms in total. The smallest absolute Gasteiger partial charge is 0.254 e. The van der Waals surface area contributed by atoms with Crippen molar-refractivity contribution in [1.29, 1.82) is 0 Å². The molecule has 5 rings (SSSR count). The average Bonchev–Trinajstić information content (AvgIpc) is 3.27. The summed E-state index contributed by atoms with van der Waals surface area (Å²) in [6.45, 7) is 7.01. The number of carbonyl (C=O) groups is 1. The highest BCUT2D eigenvalue weighted by Crippen LogP contribution is 2.29. The van der Waals surface area contributed by atoms with Gasteiger partial charge in [-0.15, -0.1) is 0 Å². The number of rotatable bonds is 4. The molecular formula is C27H27N5O2. The standard InChI is InChI=1S/C27H27N5O2/c1-17-3-4-18(2)20(15-17)7-10-23-25-22(27(34)32-13-11-28-12-14-32)16-24(29-26(25)31-30-23)19-5-8-21(33)9-6-19/h3-10,15-16,28,33H,11-14H2,1-2H3,(H,29,30,31). The normalized spacial score (nSPS) is 14.2. The van der Waals surface area contributed by atoms with E-state index in [0.29, 0.717) is 35.4 Å². The van der Waals surface area contributed by atoms with E-state index in [9.17, 15) is 9.90 Å². The maximum atomic E-state index is 13.6. The average molecular weight is 454 g/mol. The molecule has 0 spiro atoms. The molecule has 1 amide bonds. The van der Waals surface area contributed by atoms with Crippen molar-refractivity contribution in [2.45, 2.75) is 13.8 Å². The van der Waals surface area contributed by atoms with E-state index in [-0.39, 0.29) is 11.7 Å². The minimum absolute atomic E-state index is 0.0308. The topological polar surface area (TPSA) is 94.1 Å². The van der Waals surface area contributed by atoms with Crippen LogP contribution in [0.1, 0.15) is 32.7 Å². The van der Waals surface area contributed by atoms with E-state index in [1.165, 1.54) is 11.1 Å². The number of hydrogen-bond acceptors (Lipinski definition) is 5. The molecule has 3 N–H and O–H groups in total. The van der Waals surface area contributed by atoms with Crippen LogP contribution >= 0.6 is 0 Å². The number of aromatic nitrogens is 3. The predicted molar refractivity (Wildman–Crippen MR) is 135 cm³/mol. The van der Waals surface area contributed by atoms with E-state index in [0.717, 1.165) is 29.9 Å². The number of phenols is 1. The van der Waals surface area contributed by atoms with Gasteiger partial charge in [-0.2, -0.15) is 5.10 Å². The van der Waals surface area contributed by atoms with E-state index < -0.39 is 0 Å². The molecule has 3 heterocycles. The maximum Gasteiger partial charge on any atom is 0.254 e. The van der Waals surface area contributed by atoms with E-state index in [1.54, 1.807) is 24.3 Å². The number of benzene rings is 2. The van der Waals surface area contributed by atoms with Gasteiger partial charge in [-0.1, -0.05) is 29.8 Å². The van der Waals surface area contributed by atoms with E-state index >= 15 is 0 Å². The molecule has 172 valence electrons. The summed E-state index contributed by atoms with van der Waals surface area (Å²) in [6.07, 6.45) is 4.01. The third-order valence-electron chi connectivity index (χ3n) is 6.21. The van der Waals surface area contributed by atoms with Crippen molar-refractivity contribution in [2.75, 3.05) is 26.2 Å². The van der Waals surface area contributed by atoms with E-state index in [4.69, 9.17) is 4.98 Å². The van der Waals surface area contributed by atoms with Crippen LogP contribution in [0.15, 0.2) is 48.5 Å². The largest absolute Gasteiger partial charge is 0.508 e. The zero-order chi connectivity index (χ0) is 23.7. The van der Waals surface area contributed by atoms with Crippen molar-refractivity contribution < 1.29 is 9.90 Å². The van der Waals surface area contributed by atoms with Gasteiger partial charge in [-0.25, -0.2) is 4.98 Å². The Balaban J connectivity index is 1.63. The number of pyridine rings is 1. The van der Waals surface area contributed by atoms with Gasteiger partial charge in [0.15, 0.2) is 5.65 Å². The summed E-state index contributed by atoms with van der Waals surface area (Å²) in [5, 5.41) is 21.2. The van der Waals surface area contributed by atoms with Crippen LogP contribution < -0.4 is 5.32 Å². The quantitative estimate of drug-likeness (QED) is 0.431. The Morgan fingerprint density at radius 2 is 1.79 bits per heavy atom. The number of fused-ring (bicyclic) bond motifs is 1. The van der Waals surface area contributed by atoms with Gasteiger partial charge in [0, 0.05) is 31.7 Å². The minimum Gasteiger partial charge on any atom is -0.508 e. The van der Waals surface area contributed by atoms with Crippen LogP contribution in [0.5, 0.6) is 5.75 Å². The van der Waals surface area contributed by atoms with Crippen LogP contribution in [0.2, 0.25) is 0 Å². The number of piperazine rings is 1. The molecule has 4 aromatic rings. The summed E-state index contributed by atoms with van der Waals surface area (Å²) in [5.41, 5.74) is 6.75. The molecule has 0 saturated carbocycles. The molecule has 34 heavy (non-hydrogen) atoms. The van der Waals surface area contributed by atoms with Gasteiger partial charge in [0.25, 0.3) is 5.91 Å². The second-order valence-electron chi connectivity index (χ2n) is 8.67. The SMILES string of the molecule is Cc1ccc(C)c(C=Cc2[nH]nc3nc(-c4ccc(O)cc4)cc(C(=O)N4CCNCC4)c23)c1. The fraction of sp³-hybridized carbons (Fsp3) is 0.222. The first-order valence-electron chi connectivity index (χ1n) is 11.4. The van der Waals surface area contributed by atoms with Crippen LogP contribution in [0.3, 0.4) is 0 Å². The lowest BCUT2D eigenvalue weighted by molar-refractivity contribution is 0.0737. The number of amides is 1. The molecule has 2 aromatic carbocycles. The highest BCUT2D eigenvalue weighted by atomic mass is 16.3. The number of nitrogens with zero attached hydrogens (tertiary/aromatic N) is 3. The molecule has 7 heteroatoms. The Bertz CT molecular complexity index is 1380. The minimum atomic E-state index is -0.0308. The predicted octanol–water partition coefficient (Wildman–Crippen LogP) is 4.16. The lowest BCUT2D eigenvalue weighted by atomic mass is 10.0. The Labute approximate surface area is 198 Å². The second-order valence-corrected chi connectivity index (χ2v) is 8.67. The summed E-state index contributed by atoms with van der Waals surface area (Å²) >= 11 is 0. The van der Waals surface area contributed by atoms with Crippen molar-refractivity contribution in [3.05, 3.63) is 76.5 Å². The van der Waals surface area contributed by atoms with Crippen molar-refractivity contribution in [3.63, 3.8) is 0 Å². The Kier molecular flexibility index (Phi) is 5.86. The molecule has 0 unspecified atom stereocenters. The van der Waals surface area contributed by atoms with Gasteiger partial charge in [0.1, 0.15) is 5.75 Å². The first kappa shape index (κ1) is 21.9. The van der Waals surface area contributed by atoms with Crippen molar-refractivity contribution in [3.8, 4) is 17.0 Å². The number of aromatic amines is 1. The first-order chi connectivity index (χ1) is 16.5. The maximum absolute atomic E-state index is 13.6. The number of phenolic OH excluding ortho intramolecular Hbond substituents is 1. The van der Waals surface area contributed by atoms with Crippen molar-refractivity contribution in [2.24, 2.45) is 0 Å². The van der Waals surface area contributed by atoms with Gasteiger partial charge in [-0.3, -0.25) is 9.89 Å². The molecule has 1 aliphatic rings.